The number of nitrogens with zero attached hydrogens (tertiary/aromatic N) is 5. The Bertz CT molecular complexity index is 2860. The summed E-state index contributed by atoms with van der Waals surface area (Å²) in [5, 5.41) is 5.49. The Hall–Kier alpha value is -7.50. The van der Waals surface area contributed by atoms with Crippen LogP contribution in [-0.2, 0) is 0 Å². The third-order valence-corrected chi connectivity index (χ3v) is 10.1. The second-order valence-electron chi connectivity index (χ2n) is 13.4. The maximum Gasteiger partial charge on any atom is 0.166 e. The molecule has 10 rings (SSSR count). The number of aromatic nitrogens is 4. The van der Waals surface area contributed by atoms with Crippen molar-refractivity contribution >= 4 is 49.5 Å². The molecule has 0 fully saturated rings. The van der Waals surface area contributed by atoms with Gasteiger partial charge in [0, 0.05) is 49.8 Å². The fourth-order valence-electron chi connectivity index (χ4n) is 7.56. The SMILES string of the molecule is c1ccc(-c2nc(-c3ccccc3)nc(-c3cccc4c3nc(-c3ccccc3)c3c(N(c5ccccc5)c5ccccc5)cc5ccccc5c34)n2)cc1. The van der Waals surface area contributed by atoms with Gasteiger partial charge in [0.05, 0.1) is 16.9 Å². The summed E-state index contributed by atoms with van der Waals surface area (Å²) in [6, 6.07) is 69.2. The van der Waals surface area contributed by atoms with Gasteiger partial charge in [-0.15, -0.1) is 0 Å². The van der Waals surface area contributed by atoms with Gasteiger partial charge in [-0.3, -0.25) is 0 Å². The highest BCUT2D eigenvalue weighted by molar-refractivity contribution is 6.28. The van der Waals surface area contributed by atoms with Crippen molar-refractivity contribution in [2.45, 2.75) is 0 Å². The Morgan fingerprint density at radius 1 is 0.345 bits per heavy atom. The van der Waals surface area contributed by atoms with Crippen molar-refractivity contribution in [2.24, 2.45) is 0 Å². The van der Waals surface area contributed by atoms with E-state index in [0.29, 0.717) is 17.5 Å². The highest BCUT2D eigenvalue weighted by atomic mass is 15.1. The summed E-state index contributed by atoms with van der Waals surface area (Å²) in [5.74, 6) is 1.79. The van der Waals surface area contributed by atoms with Gasteiger partial charge in [-0.1, -0.05) is 164 Å². The number of pyridine rings is 1. The highest BCUT2D eigenvalue weighted by Gasteiger charge is 2.24. The molecule has 0 bridgehead atoms. The first-order chi connectivity index (χ1) is 27.3. The van der Waals surface area contributed by atoms with E-state index in [-0.39, 0.29) is 0 Å². The number of anilines is 3. The van der Waals surface area contributed by atoms with Crippen LogP contribution < -0.4 is 4.90 Å². The van der Waals surface area contributed by atoms with E-state index in [1.807, 2.05) is 60.7 Å². The molecule has 0 saturated heterocycles. The lowest BCUT2D eigenvalue weighted by molar-refractivity contribution is 1.07. The summed E-state index contributed by atoms with van der Waals surface area (Å²) >= 11 is 0. The van der Waals surface area contributed by atoms with E-state index in [1.54, 1.807) is 0 Å². The number of fused-ring (bicyclic) bond motifs is 5. The molecule has 0 N–H and O–H groups in total. The van der Waals surface area contributed by atoms with Crippen LogP contribution in [-0.4, -0.2) is 19.9 Å². The van der Waals surface area contributed by atoms with Gasteiger partial charge in [0.25, 0.3) is 0 Å². The quantitative estimate of drug-likeness (QED) is 0.155. The van der Waals surface area contributed by atoms with Crippen LogP contribution >= 0.6 is 0 Å². The van der Waals surface area contributed by atoms with Crippen LogP contribution in [0.15, 0.2) is 200 Å². The lowest BCUT2D eigenvalue weighted by Gasteiger charge is -2.28. The predicted molar refractivity (Wildman–Crippen MR) is 227 cm³/mol. The Balaban J connectivity index is 1.35. The standard InChI is InChI=1S/C50H33N5/c1-6-19-34(20-7-1)46-45-43(55(38-26-12-4-13-27-38)39-28-14-5-15-29-39)33-37-25-16-17-30-40(37)44(45)41-31-18-32-42(47(41)51-46)50-53-48(35-21-8-2-9-22-35)52-49(54-50)36-23-10-3-11-24-36/h1-33H. The van der Waals surface area contributed by atoms with Gasteiger partial charge in [-0.2, -0.15) is 0 Å². The minimum atomic E-state index is 0.569. The molecule has 0 spiro atoms. The number of benzene rings is 8. The molecule has 0 atom stereocenters. The Labute approximate surface area is 318 Å². The van der Waals surface area contributed by atoms with E-state index in [4.69, 9.17) is 19.9 Å². The predicted octanol–water partition coefficient (Wildman–Crippen LogP) is 12.9. The minimum absolute atomic E-state index is 0.569. The lowest BCUT2D eigenvalue weighted by Crippen LogP contribution is -2.11. The third-order valence-electron chi connectivity index (χ3n) is 10.1. The van der Waals surface area contributed by atoms with Gasteiger partial charge >= 0.3 is 0 Å². The molecule has 0 amide bonds. The molecule has 2 aromatic heterocycles. The van der Waals surface area contributed by atoms with Crippen molar-refractivity contribution < 1.29 is 0 Å². The van der Waals surface area contributed by atoms with Crippen molar-refractivity contribution in [1.29, 1.82) is 0 Å². The molecule has 0 aliphatic carbocycles. The zero-order valence-corrected chi connectivity index (χ0v) is 29.8. The molecule has 0 radical (unpaired) electrons. The maximum atomic E-state index is 5.66. The van der Waals surface area contributed by atoms with Gasteiger partial charge in [0.2, 0.25) is 0 Å². The molecule has 258 valence electrons. The van der Waals surface area contributed by atoms with E-state index in [9.17, 15) is 0 Å². The zero-order chi connectivity index (χ0) is 36.6. The Morgan fingerprint density at radius 2 is 0.818 bits per heavy atom. The Kier molecular flexibility index (Phi) is 8.08. The fourth-order valence-corrected chi connectivity index (χ4v) is 7.56. The van der Waals surface area contributed by atoms with E-state index >= 15 is 0 Å². The van der Waals surface area contributed by atoms with Gasteiger partial charge in [0.1, 0.15) is 0 Å². The first kappa shape index (κ1) is 32.2. The summed E-state index contributed by atoms with van der Waals surface area (Å²) in [5.41, 5.74) is 8.57. The second-order valence-corrected chi connectivity index (χ2v) is 13.4. The third kappa shape index (κ3) is 5.85. The molecule has 0 aliphatic heterocycles. The maximum absolute atomic E-state index is 5.66. The summed E-state index contributed by atoms with van der Waals surface area (Å²) in [7, 11) is 0. The Morgan fingerprint density at radius 3 is 1.40 bits per heavy atom. The smallest absolute Gasteiger partial charge is 0.166 e. The van der Waals surface area contributed by atoms with Crippen LogP contribution in [0.25, 0.3) is 77.9 Å². The fraction of sp³-hybridized carbons (Fsp3) is 0. The van der Waals surface area contributed by atoms with Crippen LogP contribution in [0.1, 0.15) is 0 Å². The number of rotatable bonds is 7. The topological polar surface area (TPSA) is 54.8 Å². The van der Waals surface area contributed by atoms with Crippen molar-refractivity contribution in [1.82, 2.24) is 19.9 Å². The summed E-state index contributed by atoms with van der Waals surface area (Å²) in [6.07, 6.45) is 0. The van der Waals surface area contributed by atoms with Crippen molar-refractivity contribution in [3.05, 3.63) is 200 Å². The van der Waals surface area contributed by atoms with E-state index in [2.05, 4.69) is 144 Å². The van der Waals surface area contributed by atoms with E-state index in [1.165, 1.54) is 0 Å². The van der Waals surface area contributed by atoms with Crippen LogP contribution in [0, 0.1) is 0 Å². The number of hydrogen-bond acceptors (Lipinski definition) is 5. The van der Waals surface area contributed by atoms with Crippen molar-refractivity contribution in [3.63, 3.8) is 0 Å². The largest absolute Gasteiger partial charge is 0.310 e. The first-order valence-electron chi connectivity index (χ1n) is 18.4. The molecule has 10 aromatic rings. The number of para-hydroxylation sites is 3. The molecule has 0 saturated carbocycles. The van der Waals surface area contributed by atoms with Crippen LogP contribution in [0.2, 0.25) is 0 Å². The second kappa shape index (κ2) is 13.8. The molecule has 8 aromatic carbocycles. The van der Waals surface area contributed by atoms with Gasteiger partial charge in [0.15, 0.2) is 17.5 Å². The average Bonchev–Trinajstić information content (AvgIpc) is 3.27. The monoisotopic (exact) mass is 703 g/mol. The van der Waals surface area contributed by atoms with Gasteiger partial charge in [-0.25, -0.2) is 19.9 Å². The van der Waals surface area contributed by atoms with Gasteiger partial charge in [-0.05, 0) is 47.2 Å². The highest BCUT2D eigenvalue weighted by Crippen LogP contribution is 2.48. The molecule has 5 heteroatoms. The molecule has 0 aliphatic rings. The molecular formula is C50H33N5. The van der Waals surface area contributed by atoms with Crippen LogP contribution in [0.4, 0.5) is 17.1 Å². The van der Waals surface area contributed by atoms with Crippen LogP contribution in [0.5, 0.6) is 0 Å². The normalized spacial score (nSPS) is 11.3. The summed E-state index contributed by atoms with van der Waals surface area (Å²) < 4.78 is 0. The molecule has 55 heavy (non-hydrogen) atoms. The number of hydrogen-bond donors (Lipinski definition) is 0. The summed E-state index contributed by atoms with van der Waals surface area (Å²) in [6.45, 7) is 0. The lowest BCUT2D eigenvalue weighted by atomic mass is 9.92. The minimum Gasteiger partial charge on any atom is -0.310 e. The van der Waals surface area contributed by atoms with Crippen molar-refractivity contribution in [2.75, 3.05) is 4.90 Å². The molecule has 2 heterocycles. The molecule has 5 nitrogen and oxygen atoms in total. The average molecular weight is 704 g/mol. The molecular weight excluding hydrogens is 671 g/mol. The zero-order valence-electron chi connectivity index (χ0n) is 29.8. The first-order valence-corrected chi connectivity index (χ1v) is 18.4. The molecule has 0 unspecified atom stereocenters. The van der Waals surface area contributed by atoms with E-state index in [0.717, 1.165) is 77.5 Å². The van der Waals surface area contributed by atoms with Crippen LogP contribution in [0.3, 0.4) is 0 Å². The summed E-state index contributed by atoms with van der Waals surface area (Å²) in [4.78, 5) is 23.3. The van der Waals surface area contributed by atoms with Gasteiger partial charge < -0.3 is 4.90 Å². The van der Waals surface area contributed by atoms with E-state index < -0.39 is 0 Å². The van der Waals surface area contributed by atoms with Crippen molar-refractivity contribution in [3.8, 4) is 45.4 Å².